The molecule has 164 valence electrons. The fourth-order valence-corrected chi connectivity index (χ4v) is 3.56. The first kappa shape index (κ1) is 23.1. The first-order valence-electron chi connectivity index (χ1n) is 10.9. The summed E-state index contributed by atoms with van der Waals surface area (Å²) in [5.41, 5.74) is 3.86. The molecule has 1 aliphatic heterocycles. The molecule has 7 nitrogen and oxygen atoms in total. The Morgan fingerprint density at radius 1 is 0.793 bits per heavy atom. The molecule has 0 atom stereocenters. The van der Waals surface area contributed by atoms with Gasteiger partial charge >= 0.3 is 0 Å². The van der Waals surface area contributed by atoms with Crippen LogP contribution in [0.15, 0.2) is 17.2 Å². The number of hydrazine groups is 2. The van der Waals surface area contributed by atoms with Crippen LogP contribution >= 0.6 is 0 Å². The maximum atomic E-state index is 5.58. The van der Waals surface area contributed by atoms with E-state index >= 15 is 0 Å². The van der Waals surface area contributed by atoms with E-state index in [1.165, 1.54) is 57.8 Å². The Hall–Kier alpha value is -2.15. The van der Waals surface area contributed by atoms with Crippen LogP contribution in [0.4, 0.5) is 5.69 Å². The maximum absolute atomic E-state index is 5.58. The summed E-state index contributed by atoms with van der Waals surface area (Å²) in [4.78, 5) is 0. The molecule has 0 spiro atoms. The molecular formula is C22H38N4O3. The van der Waals surface area contributed by atoms with Crippen LogP contribution in [0.3, 0.4) is 0 Å². The minimum absolute atomic E-state index is 0.671. The monoisotopic (exact) mass is 406 g/mol. The zero-order valence-electron chi connectivity index (χ0n) is 18.6. The minimum atomic E-state index is 0.671. The van der Waals surface area contributed by atoms with E-state index in [9.17, 15) is 0 Å². The highest BCUT2D eigenvalue weighted by molar-refractivity contribution is 5.86. The van der Waals surface area contributed by atoms with E-state index in [0.717, 1.165) is 18.7 Å². The lowest BCUT2D eigenvalue weighted by molar-refractivity contribution is 0.214. The third kappa shape index (κ3) is 6.99. The van der Waals surface area contributed by atoms with Gasteiger partial charge in [0.1, 0.15) is 17.8 Å². The fourth-order valence-electron chi connectivity index (χ4n) is 3.56. The summed E-state index contributed by atoms with van der Waals surface area (Å²) in [6.07, 6.45) is 14.9. The average Bonchev–Trinajstić information content (AvgIpc) is 3.21. The van der Waals surface area contributed by atoms with Crippen LogP contribution in [0.25, 0.3) is 0 Å². The second kappa shape index (κ2) is 13.1. The fraction of sp³-hybridized carbons (Fsp3) is 0.682. The van der Waals surface area contributed by atoms with Crippen LogP contribution in [0.2, 0.25) is 0 Å². The number of hydrazone groups is 1. The smallest absolute Gasteiger partial charge is 0.151 e. The average molecular weight is 407 g/mol. The van der Waals surface area contributed by atoms with Crippen molar-refractivity contribution in [2.45, 2.75) is 71.1 Å². The van der Waals surface area contributed by atoms with Gasteiger partial charge in [-0.05, 0) is 6.42 Å². The van der Waals surface area contributed by atoms with Crippen molar-refractivity contribution in [3.05, 3.63) is 12.1 Å². The second-order valence-electron chi connectivity index (χ2n) is 7.37. The van der Waals surface area contributed by atoms with E-state index < -0.39 is 0 Å². The van der Waals surface area contributed by atoms with Gasteiger partial charge in [-0.25, -0.2) is 10.5 Å². The van der Waals surface area contributed by atoms with Crippen molar-refractivity contribution >= 4 is 12.0 Å². The molecule has 0 saturated carbocycles. The number of benzene rings is 1. The van der Waals surface area contributed by atoms with Crippen LogP contribution in [-0.4, -0.2) is 39.3 Å². The summed E-state index contributed by atoms with van der Waals surface area (Å²) in [5, 5.41) is 8.13. The van der Waals surface area contributed by atoms with Gasteiger partial charge in [-0.3, -0.25) is 0 Å². The van der Waals surface area contributed by atoms with E-state index in [4.69, 9.17) is 14.2 Å². The summed E-state index contributed by atoms with van der Waals surface area (Å²) in [7, 11) is 4.92. The predicted molar refractivity (Wildman–Crippen MR) is 119 cm³/mol. The van der Waals surface area contributed by atoms with Gasteiger partial charge in [-0.1, -0.05) is 64.7 Å². The van der Waals surface area contributed by atoms with Crippen molar-refractivity contribution in [2.24, 2.45) is 5.10 Å². The molecule has 0 bridgehead atoms. The molecule has 7 heteroatoms. The number of hydrogen-bond acceptors (Lipinski definition) is 7. The highest BCUT2D eigenvalue weighted by Crippen LogP contribution is 2.42. The van der Waals surface area contributed by atoms with Crippen LogP contribution in [-0.2, 0) is 0 Å². The summed E-state index contributed by atoms with van der Waals surface area (Å²) in [5.74, 6) is 2.03. The van der Waals surface area contributed by atoms with Gasteiger partial charge in [0.2, 0.25) is 0 Å². The number of nitrogens with one attached hydrogen (secondary N) is 1. The summed E-state index contributed by atoms with van der Waals surface area (Å²) in [6, 6.07) is 3.70. The van der Waals surface area contributed by atoms with Crippen LogP contribution in [0.5, 0.6) is 17.2 Å². The van der Waals surface area contributed by atoms with E-state index in [1.807, 2.05) is 22.3 Å². The molecular weight excluding hydrogens is 368 g/mol. The third-order valence-corrected chi connectivity index (χ3v) is 5.24. The second-order valence-corrected chi connectivity index (χ2v) is 7.37. The number of hydrogen-bond donors (Lipinski definition) is 1. The zero-order chi connectivity index (χ0) is 20.9. The lowest BCUT2D eigenvalue weighted by Crippen LogP contribution is -2.44. The van der Waals surface area contributed by atoms with Gasteiger partial charge in [-0.2, -0.15) is 5.10 Å². The van der Waals surface area contributed by atoms with E-state index in [0.29, 0.717) is 17.2 Å². The molecule has 0 unspecified atom stereocenters. The summed E-state index contributed by atoms with van der Waals surface area (Å²) >= 11 is 0. The Labute approximate surface area is 175 Å². The number of anilines is 1. The molecule has 0 saturated heterocycles. The lowest BCUT2D eigenvalue weighted by atomic mass is 10.1. The highest BCUT2D eigenvalue weighted by Gasteiger charge is 2.26. The lowest BCUT2D eigenvalue weighted by Gasteiger charge is -2.29. The van der Waals surface area contributed by atoms with Crippen molar-refractivity contribution in [3.8, 4) is 17.2 Å². The zero-order valence-corrected chi connectivity index (χ0v) is 18.6. The summed E-state index contributed by atoms with van der Waals surface area (Å²) < 4.78 is 16.5. The number of ether oxygens (including phenoxy) is 3. The Morgan fingerprint density at radius 3 is 1.86 bits per heavy atom. The predicted octanol–water partition coefficient (Wildman–Crippen LogP) is 5.12. The Bertz CT molecular complexity index is 599. The van der Waals surface area contributed by atoms with Crippen molar-refractivity contribution in [2.75, 3.05) is 32.9 Å². The molecule has 1 aromatic rings. The molecule has 0 aromatic heterocycles. The summed E-state index contributed by atoms with van der Waals surface area (Å²) in [6.45, 7) is 3.12. The topological polar surface area (TPSA) is 58.6 Å². The number of unbranched alkanes of at least 4 members (excludes halogenated alkanes) is 9. The first-order valence-corrected chi connectivity index (χ1v) is 10.9. The number of nitrogens with zero attached hydrogens (tertiary/aromatic N) is 3. The molecule has 29 heavy (non-hydrogen) atoms. The normalized spacial score (nSPS) is 13.6. The van der Waals surface area contributed by atoms with Crippen LogP contribution in [0, 0.1) is 0 Å². The van der Waals surface area contributed by atoms with Crippen molar-refractivity contribution in [1.82, 2.24) is 10.7 Å². The largest absolute Gasteiger partial charge is 0.496 e. The molecule has 1 N–H and O–H groups in total. The Kier molecular flexibility index (Phi) is 10.5. The molecule has 2 rings (SSSR count). The number of rotatable bonds is 15. The molecule has 1 aliphatic rings. The van der Waals surface area contributed by atoms with Crippen molar-refractivity contribution in [1.29, 1.82) is 0 Å². The first-order chi connectivity index (χ1) is 14.2. The van der Waals surface area contributed by atoms with E-state index in [-0.39, 0.29) is 0 Å². The van der Waals surface area contributed by atoms with Crippen molar-refractivity contribution in [3.63, 3.8) is 0 Å². The van der Waals surface area contributed by atoms with Gasteiger partial charge in [0, 0.05) is 18.7 Å². The molecule has 1 heterocycles. The van der Waals surface area contributed by atoms with Gasteiger partial charge in [0.15, 0.2) is 11.5 Å². The Balaban J connectivity index is 1.81. The van der Waals surface area contributed by atoms with Crippen LogP contribution < -0.4 is 24.8 Å². The standard InChI is InChI=1S/C22H38N4O3/c1-5-6-7-8-9-10-11-12-13-14-15-26-24-23-18-25(26)22-20(28-3)16-19(27-2)17-21(22)29-4/h16-18,24H,5-15H2,1-4H3. The van der Waals surface area contributed by atoms with Gasteiger partial charge in [-0.15, -0.1) is 5.12 Å². The van der Waals surface area contributed by atoms with Crippen molar-refractivity contribution < 1.29 is 14.2 Å². The maximum Gasteiger partial charge on any atom is 0.151 e. The molecule has 0 aliphatic carbocycles. The number of methoxy groups -OCH3 is 3. The quantitative estimate of drug-likeness (QED) is 0.408. The molecule has 1 aromatic carbocycles. The van der Waals surface area contributed by atoms with E-state index in [2.05, 4.69) is 17.6 Å². The van der Waals surface area contributed by atoms with Gasteiger partial charge in [0.25, 0.3) is 0 Å². The molecule has 0 fully saturated rings. The van der Waals surface area contributed by atoms with Crippen LogP contribution in [0.1, 0.15) is 71.1 Å². The van der Waals surface area contributed by atoms with Gasteiger partial charge < -0.3 is 14.2 Å². The third-order valence-electron chi connectivity index (χ3n) is 5.24. The molecule has 0 amide bonds. The highest BCUT2D eigenvalue weighted by atomic mass is 16.5. The van der Waals surface area contributed by atoms with Gasteiger partial charge in [0.05, 0.1) is 21.3 Å². The molecule has 0 radical (unpaired) electrons. The SMILES string of the molecule is CCCCCCCCCCCCN1NN=CN1c1c(OC)cc(OC)cc1OC. The minimum Gasteiger partial charge on any atom is -0.496 e. The van der Waals surface area contributed by atoms with E-state index in [1.54, 1.807) is 27.7 Å². The Morgan fingerprint density at radius 2 is 1.34 bits per heavy atom.